The lowest BCUT2D eigenvalue weighted by Crippen LogP contribution is -2.65. The number of alkyl halides is 3. The zero-order valence-electron chi connectivity index (χ0n) is 22.2. The summed E-state index contributed by atoms with van der Waals surface area (Å²) in [5, 5.41) is 26.8. The minimum atomic E-state index is -4.41. The summed E-state index contributed by atoms with van der Waals surface area (Å²) in [6.45, 7) is 6.39. The van der Waals surface area contributed by atoms with Gasteiger partial charge in [-0.2, -0.15) is 23.5 Å². The van der Waals surface area contributed by atoms with Gasteiger partial charge in [0, 0.05) is 37.8 Å². The Morgan fingerprint density at radius 1 is 1.10 bits per heavy atom. The summed E-state index contributed by atoms with van der Waals surface area (Å²) in [4.78, 5) is 14.4. The first-order valence-electron chi connectivity index (χ1n) is 13.7. The van der Waals surface area contributed by atoms with E-state index < -0.39 is 17.3 Å². The number of hydrogen-bond donors (Lipinski definition) is 2. The Hall–Kier alpha value is -3.20. The zero-order valence-corrected chi connectivity index (χ0v) is 22.2. The van der Waals surface area contributed by atoms with Gasteiger partial charge < -0.3 is 4.90 Å². The fraction of sp³-hybridized carbons (Fsp3) is 0.667. The van der Waals surface area contributed by atoms with E-state index in [2.05, 4.69) is 31.3 Å². The standard InChI is InChI=1S/C27H34F3N9/c1-25(2,38-7-5-37(6-8-38)21-4-3-20(14-33-21)27(28,29)30)23(32)39(15-31)22-18-9-17-10-19(22)13-26(11-17,12-18)24-34-16-35-36-24/h3-4,14,16-19,22,32H,5-13H2,1-2H3,(H,34,35,36). The number of rotatable bonds is 5. The fourth-order valence-electron chi connectivity index (χ4n) is 8.12. The van der Waals surface area contributed by atoms with E-state index in [0.717, 1.165) is 50.2 Å². The zero-order chi connectivity index (χ0) is 27.6. The number of nitrogens with zero attached hydrogens (tertiary/aromatic N) is 7. The Morgan fingerprint density at radius 3 is 2.33 bits per heavy atom. The molecule has 12 heteroatoms. The van der Waals surface area contributed by atoms with Gasteiger partial charge >= 0.3 is 6.18 Å². The molecule has 2 unspecified atom stereocenters. The van der Waals surface area contributed by atoms with E-state index in [9.17, 15) is 23.8 Å². The summed E-state index contributed by atoms with van der Waals surface area (Å²) in [6, 6.07) is 2.50. The number of pyridine rings is 1. The first-order valence-corrected chi connectivity index (χ1v) is 13.7. The summed E-state index contributed by atoms with van der Waals surface area (Å²) >= 11 is 0. The second-order valence-corrected chi connectivity index (χ2v) is 12.3. The molecule has 3 heterocycles. The molecule has 2 atom stereocenters. The molecule has 2 aromatic heterocycles. The highest BCUT2D eigenvalue weighted by atomic mass is 19.4. The largest absolute Gasteiger partial charge is 0.417 e. The Balaban J connectivity index is 1.14. The molecule has 1 aliphatic heterocycles. The molecule has 0 amide bonds. The van der Waals surface area contributed by atoms with Gasteiger partial charge in [-0.25, -0.2) is 9.97 Å². The molecular weight excluding hydrogens is 507 g/mol. The third kappa shape index (κ3) is 4.35. The monoisotopic (exact) mass is 541 g/mol. The van der Waals surface area contributed by atoms with Crippen LogP contribution in [0.3, 0.4) is 0 Å². The van der Waals surface area contributed by atoms with E-state index in [1.165, 1.54) is 6.07 Å². The van der Waals surface area contributed by atoms with Gasteiger partial charge in [0.25, 0.3) is 0 Å². The van der Waals surface area contributed by atoms with Crippen molar-refractivity contribution in [2.24, 2.45) is 17.8 Å². The highest BCUT2D eigenvalue weighted by molar-refractivity contribution is 5.89. The number of H-pyrrole nitrogens is 1. The second kappa shape index (κ2) is 9.18. The molecule has 5 aliphatic rings. The van der Waals surface area contributed by atoms with E-state index in [4.69, 9.17) is 0 Å². The summed E-state index contributed by atoms with van der Waals surface area (Å²) in [7, 11) is 0. The van der Waals surface area contributed by atoms with Crippen LogP contribution in [0.2, 0.25) is 0 Å². The topological polar surface area (TPSA) is 112 Å². The average Bonchev–Trinajstić information content (AvgIpc) is 3.46. The van der Waals surface area contributed by atoms with Crippen LogP contribution in [0.25, 0.3) is 0 Å². The van der Waals surface area contributed by atoms with Crippen LogP contribution in [-0.4, -0.2) is 73.6 Å². The molecule has 9 nitrogen and oxygen atoms in total. The number of nitrogens with one attached hydrogen (secondary N) is 2. The third-order valence-corrected chi connectivity index (χ3v) is 9.84. The van der Waals surface area contributed by atoms with Crippen molar-refractivity contribution in [1.82, 2.24) is 30.0 Å². The third-order valence-electron chi connectivity index (χ3n) is 9.84. The van der Waals surface area contributed by atoms with Crippen LogP contribution in [0.1, 0.15) is 57.3 Å². The maximum atomic E-state index is 12.9. The highest BCUT2D eigenvalue weighted by Crippen LogP contribution is 2.61. The second-order valence-electron chi connectivity index (χ2n) is 12.3. The van der Waals surface area contributed by atoms with Crippen LogP contribution in [0.5, 0.6) is 0 Å². The molecule has 4 aliphatic carbocycles. The molecule has 0 radical (unpaired) electrons. The lowest BCUT2D eigenvalue weighted by Gasteiger charge is -2.61. The number of anilines is 1. The van der Waals surface area contributed by atoms with Crippen LogP contribution in [-0.2, 0) is 11.6 Å². The van der Waals surface area contributed by atoms with Gasteiger partial charge in [0.1, 0.15) is 23.8 Å². The van der Waals surface area contributed by atoms with Gasteiger partial charge in [0.2, 0.25) is 0 Å². The molecule has 39 heavy (non-hydrogen) atoms. The van der Waals surface area contributed by atoms with E-state index >= 15 is 0 Å². The minimum Gasteiger partial charge on any atom is -0.354 e. The Morgan fingerprint density at radius 2 is 1.79 bits per heavy atom. The predicted molar refractivity (Wildman–Crippen MR) is 138 cm³/mol. The van der Waals surface area contributed by atoms with Gasteiger partial charge in [-0.3, -0.25) is 20.3 Å². The molecule has 1 saturated heterocycles. The highest BCUT2D eigenvalue weighted by Gasteiger charge is 2.59. The van der Waals surface area contributed by atoms with Crippen LogP contribution in [0, 0.1) is 34.6 Å². The molecule has 4 bridgehead atoms. The first kappa shape index (κ1) is 26.0. The van der Waals surface area contributed by atoms with Crippen molar-refractivity contribution >= 4 is 11.7 Å². The first-order chi connectivity index (χ1) is 18.5. The van der Waals surface area contributed by atoms with Crippen LogP contribution in [0.15, 0.2) is 24.7 Å². The Labute approximate surface area is 225 Å². The molecule has 208 valence electrons. The van der Waals surface area contributed by atoms with Crippen LogP contribution in [0.4, 0.5) is 19.0 Å². The summed E-state index contributed by atoms with van der Waals surface area (Å²) in [5.74, 6) is 3.10. The SMILES string of the molecule is CC(C)(C(=N)N(C#N)C1C2CC3CC1CC(c1ncn[nH]1)(C3)C2)N1CCN(c2ccc(C(F)(F)F)cn2)CC1. The number of nitriles is 1. The van der Waals surface area contributed by atoms with Crippen molar-refractivity contribution < 1.29 is 13.2 Å². The quantitative estimate of drug-likeness (QED) is 0.254. The molecule has 0 spiro atoms. The molecule has 2 aromatic rings. The van der Waals surface area contributed by atoms with Gasteiger partial charge in [0.15, 0.2) is 6.19 Å². The molecule has 0 aromatic carbocycles. The maximum Gasteiger partial charge on any atom is 0.417 e. The van der Waals surface area contributed by atoms with Crippen molar-refractivity contribution in [1.29, 1.82) is 10.7 Å². The van der Waals surface area contributed by atoms with Crippen molar-refractivity contribution in [2.75, 3.05) is 31.1 Å². The van der Waals surface area contributed by atoms with Crippen molar-refractivity contribution in [3.05, 3.63) is 36.0 Å². The number of halogens is 3. The maximum absolute atomic E-state index is 12.9. The van der Waals surface area contributed by atoms with Crippen LogP contribution < -0.4 is 4.90 Å². The molecule has 2 N–H and O–H groups in total. The van der Waals surface area contributed by atoms with Gasteiger partial charge in [-0.1, -0.05) is 0 Å². The minimum absolute atomic E-state index is 0.00496. The summed E-state index contributed by atoms with van der Waals surface area (Å²) in [5.41, 5.74) is -1.43. The van der Waals surface area contributed by atoms with Crippen molar-refractivity contribution in [3.8, 4) is 6.19 Å². The number of amidine groups is 1. The van der Waals surface area contributed by atoms with Crippen molar-refractivity contribution in [2.45, 2.75) is 69.1 Å². The van der Waals surface area contributed by atoms with Gasteiger partial charge in [0.05, 0.1) is 17.1 Å². The number of piperazine rings is 1. The number of aromatic nitrogens is 4. The molecular formula is C27H34F3N9. The van der Waals surface area contributed by atoms with E-state index in [1.807, 2.05) is 18.7 Å². The summed E-state index contributed by atoms with van der Waals surface area (Å²) in [6.07, 6.45) is 5.68. The van der Waals surface area contributed by atoms with E-state index in [1.54, 1.807) is 11.2 Å². The number of aromatic amines is 1. The van der Waals surface area contributed by atoms with Gasteiger partial charge in [-0.15, -0.1) is 0 Å². The molecule has 5 fully saturated rings. The lowest BCUT2D eigenvalue weighted by molar-refractivity contribution is -0.137. The van der Waals surface area contributed by atoms with E-state index in [0.29, 0.717) is 55.6 Å². The Kier molecular flexibility index (Phi) is 6.13. The lowest BCUT2D eigenvalue weighted by atomic mass is 9.47. The normalized spacial score (nSPS) is 30.8. The Bertz CT molecular complexity index is 1230. The molecule has 4 saturated carbocycles. The van der Waals surface area contributed by atoms with Crippen LogP contribution >= 0.6 is 0 Å². The fourth-order valence-corrected chi connectivity index (χ4v) is 8.12. The predicted octanol–water partition coefficient (Wildman–Crippen LogP) is 4.03. The summed E-state index contributed by atoms with van der Waals surface area (Å²) < 4.78 is 38.7. The van der Waals surface area contributed by atoms with Gasteiger partial charge in [-0.05, 0) is 75.8 Å². The smallest absolute Gasteiger partial charge is 0.354 e. The van der Waals surface area contributed by atoms with Crippen molar-refractivity contribution in [3.63, 3.8) is 0 Å². The van der Waals surface area contributed by atoms with E-state index in [-0.39, 0.29) is 11.5 Å². The average molecular weight is 542 g/mol. The number of hydrogen-bond acceptors (Lipinski definition) is 7. The molecule has 7 rings (SSSR count).